The first-order chi connectivity index (χ1) is 6.86. The molecule has 1 aliphatic heterocycles. The summed E-state index contributed by atoms with van der Waals surface area (Å²) in [6.07, 6.45) is 6.58. The first-order valence-corrected chi connectivity index (χ1v) is 4.98. The van der Waals surface area contributed by atoms with Crippen LogP contribution in [-0.4, -0.2) is 29.2 Å². The summed E-state index contributed by atoms with van der Waals surface area (Å²) in [5.41, 5.74) is 0.902. The minimum Gasteiger partial charge on any atom is -0.368 e. The maximum Gasteiger partial charge on any atom is 0.0986 e. The van der Waals surface area contributed by atoms with Gasteiger partial charge in [0, 0.05) is 18.9 Å². The second-order valence-electron chi connectivity index (χ2n) is 3.52. The summed E-state index contributed by atoms with van der Waals surface area (Å²) < 4.78 is 5.83. The van der Waals surface area contributed by atoms with Gasteiger partial charge in [-0.2, -0.15) is 0 Å². The van der Waals surface area contributed by atoms with E-state index < -0.39 is 0 Å². The van der Waals surface area contributed by atoms with Crippen LogP contribution in [0.25, 0.3) is 0 Å². The minimum atomic E-state index is 0. The summed E-state index contributed by atoms with van der Waals surface area (Å²) >= 11 is 0. The normalized spacial score (nSPS) is 22.1. The lowest BCUT2D eigenvalue weighted by Gasteiger charge is -2.16. The zero-order valence-corrected chi connectivity index (χ0v) is 9.54. The molecule has 2 atom stereocenters. The van der Waals surface area contributed by atoms with Crippen molar-refractivity contribution in [1.82, 2.24) is 15.3 Å². The molecule has 0 spiro atoms. The van der Waals surface area contributed by atoms with Crippen LogP contribution in [0, 0.1) is 0 Å². The molecule has 2 rings (SSSR count). The Morgan fingerprint density at radius 2 is 2.40 bits per heavy atom. The van der Waals surface area contributed by atoms with Crippen LogP contribution in [0.1, 0.15) is 25.1 Å². The molecule has 84 valence electrons. The van der Waals surface area contributed by atoms with Gasteiger partial charge in [-0.3, -0.25) is 9.97 Å². The molecule has 2 unspecified atom stereocenters. The monoisotopic (exact) mass is 229 g/mol. The number of hydrogen-bond acceptors (Lipinski definition) is 4. The predicted molar refractivity (Wildman–Crippen MR) is 60.1 cm³/mol. The summed E-state index contributed by atoms with van der Waals surface area (Å²) in [4.78, 5) is 8.24. The van der Waals surface area contributed by atoms with Crippen LogP contribution in [-0.2, 0) is 4.74 Å². The van der Waals surface area contributed by atoms with Gasteiger partial charge in [0.1, 0.15) is 0 Å². The van der Waals surface area contributed by atoms with Crippen LogP contribution < -0.4 is 5.32 Å². The largest absolute Gasteiger partial charge is 0.368 e. The lowest BCUT2D eigenvalue weighted by Crippen LogP contribution is -2.19. The summed E-state index contributed by atoms with van der Waals surface area (Å²) in [5.74, 6) is 0. The summed E-state index contributed by atoms with van der Waals surface area (Å²) in [7, 11) is 0. The molecular formula is C10H16ClN3O. The van der Waals surface area contributed by atoms with E-state index in [-0.39, 0.29) is 18.5 Å². The second kappa shape index (κ2) is 6.00. The number of nitrogens with one attached hydrogen (secondary N) is 1. The molecule has 1 N–H and O–H groups in total. The zero-order valence-electron chi connectivity index (χ0n) is 8.72. The number of aromatic nitrogens is 2. The smallest absolute Gasteiger partial charge is 0.0986 e. The van der Waals surface area contributed by atoms with Gasteiger partial charge in [0.05, 0.1) is 24.1 Å². The van der Waals surface area contributed by atoms with Gasteiger partial charge < -0.3 is 10.1 Å². The Hall–Kier alpha value is -0.710. The molecule has 5 heteroatoms. The fourth-order valence-electron chi connectivity index (χ4n) is 1.62. The molecule has 15 heavy (non-hydrogen) atoms. The van der Waals surface area contributed by atoms with Gasteiger partial charge >= 0.3 is 0 Å². The average molecular weight is 230 g/mol. The molecule has 2 heterocycles. The highest BCUT2D eigenvalue weighted by atomic mass is 35.5. The zero-order chi connectivity index (χ0) is 9.80. The van der Waals surface area contributed by atoms with Crippen molar-refractivity contribution in [2.75, 3.05) is 13.1 Å². The lowest BCUT2D eigenvalue weighted by molar-refractivity contribution is 0.00582. The van der Waals surface area contributed by atoms with Crippen molar-refractivity contribution >= 4 is 12.4 Å². The van der Waals surface area contributed by atoms with Crippen LogP contribution in [0.2, 0.25) is 0 Å². The third-order valence-electron chi connectivity index (χ3n) is 2.41. The van der Waals surface area contributed by atoms with Gasteiger partial charge in [0.15, 0.2) is 0 Å². The molecule has 0 bridgehead atoms. The molecule has 1 aromatic heterocycles. The van der Waals surface area contributed by atoms with Crippen molar-refractivity contribution in [3.05, 3.63) is 24.3 Å². The van der Waals surface area contributed by atoms with E-state index in [0.29, 0.717) is 6.10 Å². The van der Waals surface area contributed by atoms with Gasteiger partial charge in [0.25, 0.3) is 0 Å². The summed E-state index contributed by atoms with van der Waals surface area (Å²) in [5, 5.41) is 3.27. The molecular weight excluding hydrogens is 214 g/mol. The third-order valence-corrected chi connectivity index (χ3v) is 2.41. The number of halogens is 1. The second-order valence-corrected chi connectivity index (χ2v) is 3.52. The highest BCUT2D eigenvalue weighted by Gasteiger charge is 2.18. The Kier molecular flexibility index (Phi) is 4.94. The maximum atomic E-state index is 5.83. The Bertz CT molecular complexity index is 277. The molecule has 4 nitrogen and oxygen atoms in total. The molecule has 0 saturated carbocycles. The average Bonchev–Trinajstić information content (AvgIpc) is 2.72. The van der Waals surface area contributed by atoms with Crippen LogP contribution in [0.4, 0.5) is 0 Å². The number of nitrogens with zero attached hydrogens (tertiary/aromatic N) is 2. The fraction of sp³-hybridized carbons (Fsp3) is 0.600. The van der Waals surface area contributed by atoms with E-state index >= 15 is 0 Å². The number of rotatable bonds is 3. The first kappa shape index (κ1) is 12.4. The van der Waals surface area contributed by atoms with E-state index in [9.17, 15) is 0 Å². The van der Waals surface area contributed by atoms with E-state index in [0.717, 1.165) is 25.2 Å². The van der Waals surface area contributed by atoms with Crippen LogP contribution in [0.15, 0.2) is 18.6 Å². The van der Waals surface area contributed by atoms with Crippen LogP contribution in [0.3, 0.4) is 0 Å². The van der Waals surface area contributed by atoms with Crippen molar-refractivity contribution < 1.29 is 4.74 Å². The first-order valence-electron chi connectivity index (χ1n) is 4.98. The molecule has 0 aromatic carbocycles. The van der Waals surface area contributed by atoms with Gasteiger partial charge in [0.2, 0.25) is 0 Å². The van der Waals surface area contributed by atoms with Gasteiger partial charge in [-0.25, -0.2) is 0 Å². The highest BCUT2D eigenvalue weighted by molar-refractivity contribution is 5.85. The van der Waals surface area contributed by atoms with Gasteiger partial charge in [-0.15, -0.1) is 12.4 Å². The maximum absolute atomic E-state index is 5.83. The SMILES string of the molecule is CC(OC1CCNC1)c1cnccn1.Cl. The minimum absolute atomic E-state index is 0. The molecule has 1 aliphatic rings. The molecule has 0 radical (unpaired) electrons. The molecule has 1 fully saturated rings. The van der Waals surface area contributed by atoms with Gasteiger partial charge in [-0.05, 0) is 19.9 Å². The quantitative estimate of drug-likeness (QED) is 0.850. The Balaban J connectivity index is 0.00000112. The van der Waals surface area contributed by atoms with E-state index in [4.69, 9.17) is 4.74 Å². The van der Waals surface area contributed by atoms with E-state index in [1.54, 1.807) is 18.6 Å². The molecule has 1 aromatic rings. The summed E-state index contributed by atoms with van der Waals surface area (Å²) in [6.45, 7) is 4.02. The van der Waals surface area contributed by atoms with Crippen molar-refractivity contribution in [2.45, 2.75) is 25.6 Å². The van der Waals surface area contributed by atoms with Crippen molar-refractivity contribution in [3.63, 3.8) is 0 Å². The predicted octanol–water partition coefficient (Wildman–Crippen LogP) is 1.34. The fourth-order valence-corrected chi connectivity index (χ4v) is 1.62. The van der Waals surface area contributed by atoms with Gasteiger partial charge in [-0.1, -0.05) is 0 Å². The topological polar surface area (TPSA) is 47.0 Å². The van der Waals surface area contributed by atoms with Crippen molar-refractivity contribution in [1.29, 1.82) is 0 Å². The number of hydrogen-bond donors (Lipinski definition) is 1. The Morgan fingerprint density at radius 1 is 1.53 bits per heavy atom. The van der Waals surface area contributed by atoms with Crippen LogP contribution in [0.5, 0.6) is 0 Å². The van der Waals surface area contributed by atoms with E-state index in [1.807, 2.05) is 6.92 Å². The third kappa shape index (κ3) is 3.41. The molecule has 1 saturated heterocycles. The Morgan fingerprint density at radius 3 is 3.00 bits per heavy atom. The highest BCUT2D eigenvalue weighted by Crippen LogP contribution is 2.17. The van der Waals surface area contributed by atoms with E-state index in [1.165, 1.54) is 0 Å². The lowest BCUT2D eigenvalue weighted by atomic mass is 10.2. The van der Waals surface area contributed by atoms with E-state index in [2.05, 4.69) is 15.3 Å². The molecule has 0 aliphatic carbocycles. The number of ether oxygens (including phenoxy) is 1. The Labute approximate surface area is 95.9 Å². The molecule has 0 amide bonds. The van der Waals surface area contributed by atoms with Crippen molar-refractivity contribution in [2.24, 2.45) is 0 Å². The van der Waals surface area contributed by atoms with Crippen LogP contribution >= 0.6 is 12.4 Å². The summed E-state index contributed by atoms with van der Waals surface area (Å²) in [6, 6.07) is 0. The van der Waals surface area contributed by atoms with Crippen molar-refractivity contribution in [3.8, 4) is 0 Å². The standard InChI is InChI=1S/C10H15N3O.ClH/c1-8(10-7-12-4-5-13-10)14-9-2-3-11-6-9;/h4-5,7-9,11H,2-3,6H2,1H3;1H.